The normalized spacial score (nSPS) is 10.1. The molecule has 2 N–H and O–H groups in total. The van der Waals surface area contributed by atoms with E-state index in [9.17, 15) is 13.6 Å². The number of hydrogen-bond donors (Lipinski definition) is 2. The molecule has 0 heterocycles. The maximum absolute atomic E-state index is 12.9. The fraction of sp³-hybridized carbons (Fsp3) is 0.308. The van der Waals surface area contributed by atoms with E-state index >= 15 is 0 Å². The molecule has 1 rings (SSSR count). The molecule has 0 bridgehead atoms. The molecular weight excluding hydrogens is 238 g/mol. The van der Waals surface area contributed by atoms with Gasteiger partial charge in [0.1, 0.15) is 11.6 Å². The number of nitrogens with one attached hydrogen (secondary N) is 2. The van der Waals surface area contributed by atoms with Crippen molar-refractivity contribution in [2.75, 3.05) is 19.6 Å². The molecule has 0 aromatic heterocycles. The Hall–Kier alpha value is -1.75. The van der Waals surface area contributed by atoms with Crippen LogP contribution in [0.5, 0.6) is 0 Å². The number of carbonyl (C=O) groups excluding carboxylic acids is 1. The smallest absolute Gasteiger partial charge is 0.233 e. The van der Waals surface area contributed by atoms with Gasteiger partial charge in [0.25, 0.3) is 0 Å². The summed E-state index contributed by atoms with van der Waals surface area (Å²) < 4.78 is 25.7. The minimum absolute atomic E-state index is 0.159. The highest BCUT2D eigenvalue weighted by Gasteiger charge is 2.02. The second-order valence-electron chi connectivity index (χ2n) is 3.80. The van der Waals surface area contributed by atoms with Gasteiger partial charge in [0, 0.05) is 19.2 Å². The zero-order chi connectivity index (χ0) is 13.4. The summed E-state index contributed by atoms with van der Waals surface area (Å²) in [6.07, 6.45) is 2.05. The lowest BCUT2D eigenvalue weighted by atomic mass is 10.1. The molecule has 0 saturated carbocycles. The van der Waals surface area contributed by atoms with Crippen LogP contribution in [0.15, 0.2) is 30.9 Å². The van der Waals surface area contributed by atoms with Crippen LogP contribution in [0.2, 0.25) is 0 Å². The van der Waals surface area contributed by atoms with Crippen LogP contribution in [0.25, 0.3) is 0 Å². The summed E-state index contributed by atoms with van der Waals surface area (Å²) in [5.41, 5.74) is 0.520. The summed E-state index contributed by atoms with van der Waals surface area (Å²) in [6.45, 7) is 4.61. The molecule has 0 radical (unpaired) electrons. The lowest BCUT2D eigenvalue weighted by molar-refractivity contribution is -0.120. The quantitative estimate of drug-likeness (QED) is 0.570. The first-order valence-corrected chi connectivity index (χ1v) is 5.65. The Morgan fingerprint density at radius 3 is 2.56 bits per heavy atom. The number of halogens is 2. The third-order valence-corrected chi connectivity index (χ3v) is 2.23. The molecule has 1 aromatic rings. The number of hydrogen-bond acceptors (Lipinski definition) is 2. The summed E-state index contributed by atoms with van der Waals surface area (Å²) >= 11 is 0. The van der Waals surface area contributed by atoms with Gasteiger partial charge in [-0.15, -0.1) is 6.58 Å². The Morgan fingerprint density at radius 1 is 1.28 bits per heavy atom. The van der Waals surface area contributed by atoms with E-state index in [2.05, 4.69) is 17.2 Å². The van der Waals surface area contributed by atoms with Gasteiger partial charge in [-0.05, 0) is 24.1 Å². The van der Waals surface area contributed by atoms with Crippen LogP contribution < -0.4 is 10.6 Å². The molecule has 0 aliphatic carbocycles. The van der Waals surface area contributed by atoms with Gasteiger partial charge in [0.05, 0.1) is 6.54 Å². The number of amides is 1. The third kappa shape index (κ3) is 5.54. The van der Waals surface area contributed by atoms with E-state index < -0.39 is 11.6 Å². The van der Waals surface area contributed by atoms with Gasteiger partial charge in [-0.1, -0.05) is 6.08 Å². The van der Waals surface area contributed by atoms with E-state index in [1.165, 1.54) is 12.1 Å². The summed E-state index contributed by atoms with van der Waals surface area (Å²) in [4.78, 5) is 11.3. The fourth-order valence-corrected chi connectivity index (χ4v) is 1.45. The van der Waals surface area contributed by atoms with E-state index in [-0.39, 0.29) is 12.5 Å². The van der Waals surface area contributed by atoms with Crippen LogP contribution in [0.1, 0.15) is 5.56 Å². The van der Waals surface area contributed by atoms with Gasteiger partial charge in [-0.2, -0.15) is 0 Å². The second kappa shape index (κ2) is 7.55. The van der Waals surface area contributed by atoms with Crippen molar-refractivity contribution in [1.29, 1.82) is 0 Å². The summed E-state index contributed by atoms with van der Waals surface area (Å²) in [7, 11) is 0. The summed E-state index contributed by atoms with van der Waals surface area (Å²) in [5, 5.41) is 5.50. The average Bonchev–Trinajstić information content (AvgIpc) is 2.28. The average molecular weight is 254 g/mol. The summed E-state index contributed by atoms with van der Waals surface area (Å²) in [6, 6.07) is 3.33. The minimum Gasteiger partial charge on any atom is -0.355 e. The van der Waals surface area contributed by atoms with Crippen molar-refractivity contribution < 1.29 is 13.6 Å². The molecule has 3 nitrogen and oxygen atoms in total. The van der Waals surface area contributed by atoms with Crippen LogP contribution in [0.3, 0.4) is 0 Å². The first-order valence-electron chi connectivity index (χ1n) is 5.65. The highest BCUT2D eigenvalue weighted by molar-refractivity contribution is 5.77. The van der Waals surface area contributed by atoms with Gasteiger partial charge in [0.15, 0.2) is 0 Å². The second-order valence-corrected chi connectivity index (χ2v) is 3.80. The molecule has 0 fully saturated rings. The predicted octanol–water partition coefficient (Wildman–Crippen LogP) is 1.40. The van der Waals surface area contributed by atoms with E-state index in [0.29, 0.717) is 25.1 Å². The minimum atomic E-state index is -0.607. The molecule has 1 aromatic carbocycles. The molecule has 98 valence electrons. The number of benzene rings is 1. The van der Waals surface area contributed by atoms with Crippen LogP contribution in [0.4, 0.5) is 8.78 Å². The molecule has 1 amide bonds. The van der Waals surface area contributed by atoms with Gasteiger partial charge < -0.3 is 10.6 Å². The molecule has 5 heteroatoms. The lowest BCUT2D eigenvalue weighted by Crippen LogP contribution is -2.35. The lowest BCUT2D eigenvalue weighted by Gasteiger charge is -2.06. The molecule has 0 aliphatic heterocycles. The molecule has 18 heavy (non-hydrogen) atoms. The molecule has 0 atom stereocenters. The van der Waals surface area contributed by atoms with Gasteiger partial charge in [-0.25, -0.2) is 8.78 Å². The van der Waals surface area contributed by atoms with Crippen LogP contribution in [-0.4, -0.2) is 25.5 Å². The molecule has 0 saturated heterocycles. The fourth-order valence-electron chi connectivity index (χ4n) is 1.45. The zero-order valence-corrected chi connectivity index (χ0v) is 10.0. The van der Waals surface area contributed by atoms with Crippen molar-refractivity contribution in [3.63, 3.8) is 0 Å². The highest BCUT2D eigenvalue weighted by atomic mass is 19.1. The largest absolute Gasteiger partial charge is 0.355 e. The van der Waals surface area contributed by atoms with Crippen molar-refractivity contribution in [2.24, 2.45) is 0 Å². The SMILES string of the molecule is C=CCNCC(=O)NCCc1cc(F)cc(F)c1. The molecule has 0 spiro atoms. The monoisotopic (exact) mass is 254 g/mol. The van der Waals surface area contributed by atoms with Crippen LogP contribution >= 0.6 is 0 Å². The van der Waals surface area contributed by atoms with Gasteiger partial charge >= 0.3 is 0 Å². The van der Waals surface area contributed by atoms with Crippen molar-refractivity contribution in [1.82, 2.24) is 10.6 Å². The topological polar surface area (TPSA) is 41.1 Å². The zero-order valence-electron chi connectivity index (χ0n) is 10.0. The van der Waals surface area contributed by atoms with E-state index in [0.717, 1.165) is 6.07 Å². The maximum atomic E-state index is 12.9. The Kier molecular flexibility index (Phi) is 6.00. The van der Waals surface area contributed by atoms with Gasteiger partial charge in [0.2, 0.25) is 5.91 Å². The van der Waals surface area contributed by atoms with E-state index in [1.54, 1.807) is 6.08 Å². The standard InChI is InChI=1S/C13H16F2N2O/c1-2-4-16-9-13(18)17-5-3-10-6-11(14)8-12(15)7-10/h2,6-8,16H,1,3-5,9H2,(H,17,18). The van der Waals surface area contributed by atoms with Crippen molar-refractivity contribution >= 4 is 5.91 Å². The molecule has 0 unspecified atom stereocenters. The molecule has 0 aliphatic rings. The van der Waals surface area contributed by atoms with Crippen molar-refractivity contribution in [2.45, 2.75) is 6.42 Å². The van der Waals surface area contributed by atoms with Gasteiger partial charge in [-0.3, -0.25) is 4.79 Å². The van der Waals surface area contributed by atoms with E-state index in [1.807, 2.05) is 0 Å². The van der Waals surface area contributed by atoms with Crippen LogP contribution in [0, 0.1) is 11.6 Å². The van der Waals surface area contributed by atoms with E-state index in [4.69, 9.17) is 0 Å². The van der Waals surface area contributed by atoms with Crippen LogP contribution in [-0.2, 0) is 11.2 Å². The Morgan fingerprint density at radius 2 is 1.94 bits per heavy atom. The first kappa shape index (κ1) is 14.3. The Bertz CT molecular complexity index is 401. The third-order valence-electron chi connectivity index (χ3n) is 2.23. The number of rotatable bonds is 7. The molecular formula is C13H16F2N2O. The predicted molar refractivity (Wildman–Crippen MR) is 66.1 cm³/mol. The Labute approximate surface area is 105 Å². The highest BCUT2D eigenvalue weighted by Crippen LogP contribution is 2.07. The van der Waals surface area contributed by atoms with Crippen molar-refractivity contribution in [3.8, 4) is 0 Å². The Balaban J connectivity index is 2.28. The maximum Gasteiger partial charge on any atom is 0.233 e. The number of carbonyl (C=O) groups is 1. The van der Waals surface area contributed by atoms with Crippen molar-refractivity contribution in [3.05, 3.63) is 48.1 Å². The first-order chi connectivity index (χ1) is 8.61. The summed E-state index contributed by atoms with van der Waals surface area (Å²) in [5.74, 6) is -1.37.